The summed E-state index contributed by atoms with van der Waals surface area (Å²) in [5.41, 5.74) is 1.84. The molecule has 0 spiro atoms. The number of carbonyl (C=O) groups excluding carboxylic acids is 2. The minimum absolute atomic E-state index is 0.0442. The van der Waals surface area contributed by atoms with E-state index in [0.717, 1.165) is 11.3 Å². The van der Waals surface area contributed by atoms with Crippen molar-refractivity contribution < 1.29 is 19.1 Å². The Morgan fingerprint density at radius 3 is 2.11 bits per heavy atom. The number of amides is 2. The van der Waals surface area contributed by atoms with E-state index in [1.807, 2.05) is 38.1 Å². The van der Waals surface area contributed by atoms with E-state index in [1.54, 1.807) is 31.4 Å². The second-order valence-electron chi connectivity index (χ2n) is 6.74. The van der Waals surface area contributed by atoms with Crippen molar-refractivity contribution in [2.75, 3.05) is 13.7 Å². The van der Waals surface area contributed by atoms with Crippen LogP contribution in [0.5, 0.6) is 11.5 Å². The van der Waals surface area contributed by atoms with Crippen molar-refractivity contribution in [2.24, 2.45) is 0 Å². The van der Waals surface area contributed by atoms with E-state index >= 15 is 0 Å². The summed E-state index contributed by atoms with van der Waals surface area (Å²) in [4.78, 5) is 26.5. The van der Waals surface area contributed by atoms with Gasteiger partial charge in [-0.15, -0.1) is 0 Å². The first-order valence-corrected chi connectivity index (χ1v) is 9.44. The zero-order valence-corrected chi connectivity index (χ0v) is 16.8. The number of benzene rings is 2. The molecule has 0 saturated carbocycles. The molecule has 0 N–H and O–H groups in total. The van der Waals surface area contributed by atoms with Gasteiger partial charge in [0.2, 0.25) is 0 Å². The monoisotopic (exact) mass is 399 g/mol. The molecular weight excluding hydrogens is 378 g/mol. The average molecular weight is 400 g/mol. The van der Waals surface area contributed by atoms with Gasteiger partial charge in [0, 0.05) is 6.54 Å². The fourth-order valence-electron chi connectivity index (χ4n) is 3.01. The summed E-state index contributed by atoms with van der Waals surface area (Å²) in [6, 6.07) is 14.5. The molecule has 5 nitrogen and oxygen atoms in total. The van der Waals surface area contributed by atoms with Crippen LogP contribution in [0.1, 0.15) is 25.0 Å². The summed E-state index contributed by atoms with van der Waals surface area (Å²) < 4.78 is 10.7. The van der Waals surface area contributed by atoms with Crippen molar-refractivity contribution >= 4 is 29.0 Å². The summed E-state index contributed by atoms with van der Waals surface area (Å²) in [7, 11) is 1.60. The Balaban J connectivity index is 1.72. The second kappa shape index (κ2) is 8.48. The molecule has 0 radical (unpaired) electrons. The van der Waals surface area contributed by atoms with Crippen molar-refractivity contribution in [3.8, 4) is 11.5 Å². The van der Waals surface area contributed by atoms with Gasteiger partial charge in [-0.1, -0.05) is 35.9 Å². The molecular formula is C22H22ClNO4. The van der Waals surface area contributed by atoms with Gasteiger partial charge in [-0.25, -0.2) is 0 Å². The van der Waals surface area contributed by atoms with E-state index < -0.39 is 5.91 Å². The quantitative estimate of drug-likeness (QED) is 0.659. The highest BCUT2D eigenvalue weighted by atomic mass is 35.5. The molecule has 146 valence electrons. The van der Waals surface area contributed by atoms with Crippen molar-refractivity contribution in [1.82, 2.24) is 4.90 Å². The molecule has 0 atom stereocenters. The first kappa shape index (κ1) is 20.0. The Morgan fingerprint density at radius 2 is 1.54 bits per heavy atom. The molecule has 6 heteroatoms. The van der Waals surface area contributed by atoms with Crippen LogP contribution in [0.15, 0.2) is 53.6 Å². The molecule has 2 aromatic carbocycles. The maximum Gasteiger partial charge on any atom is 0.273 e. The standard InChI is InChI=1S/C22H22ClNO4/c1-14(2)28-18-10-6-16(7-11-18)19-20(23)22(26)24(21(19)25)13-12-15-4-8-17(27-3)9-5-15/h4-11,14H,12-13H2,1-3H3. The van der Waals surface area contributed by atoms with Gasteiger partial charge in [0.05, 0.1) is 18.8 Å². The Morgan fingerprint density at radius 1 is 0.929 bits per heavy atom. The minimum Gasteiger partial charge on any atom is -0.497 e. The van der Waals surface area contributed by atoms with Gasteiger partial charge in [-0.05, 0) is 55.7 Å². The molecule has 1 heterocycles. The van der Waals surface area contributed by atoms with Crippen LogP contribution in [-0.2, 0) is 16.0 Å². The van der Waals surface area contributed by atoms with E-state index in [-0.39, 0.29) is 29.2 Å². The van der Waals surface area contributed by atoms with Crippen LogP contribution in [0.4, 0.5) is 0 Å². The topological polar surface area (TPSA) is 55.8 Å². The van der Waals surface area contributed by atoms with Crippen molar-refractivity contribution in [3.63, 3.8) is 0 Å². The zero-order chi connectivity index (χ0) is 20.3. The highest BCUT2D eigenvalue weighted by Crippen LogP contribution is 2.32. The molecule has 0 fully saturated rings. The Hall–Kier alpha value is -2.79. The lowest BCUT2D eigenvalue weighted by Gasteiger charge is -2.15. The number of rotatable bonds is 7. The molecule has 0 aromatic heterocycles. The lowest BCUT2D eigenvalue weighted by Crippen LogP contribution is -2.33. The first-order valence-electron chi connectivity index (χ1n) is 9.06. The number of halogens is 1. The highest BCUT2D eigenvalue weighted by Gasteiger charge is 2.37. The Bertz CT molecular complexity index is 901. The SMILES string of the molecule is COc1ccc(CCN2C(=O)C(Cl)=C(c3ccc(OC(C)C)cc3)C2=O)cc1. The van der Waals surface area contributed by atoms with E-state index in [9.17, 15) is 9.59 Å². The lowest BCUT2D eigenvalue weighted by atomic mass is 10.1. The summed E-state index contributed by atoms with van der Waals surface area (Å²) in [6.45, 7) is 4.14. The molecule has 1 aliphatic heterocycles. The number of ether oxygens (including phenoxy) is 2. The molecule has 3 rings (SSSR count). The van der Waals surface area contributed by atoms with Crippen LogP contribution in [-0.4, -0.2) is 36.5 Å². The number of methoxy groups -OCH3 is 1. The van der Waals surface area contributed by atoms with Crippen molar-refractivity contribution in [1.29, 1.82) is 0 Å². The largest absolute Gasteiger partial charge is 0.497 e. The third-order valence-corrected chi connectivity index (χ3v) is 4.76. The normalized spacial score (nSPS) is 14.2. The maximum atomic E-state index is 12.8. The Labute approximate surface area is 169 Å². The first-order chi connectivity index (χ1) is 13.4. The van der Waals surface area contributed by atoms with Gasteiger partial charge in [0.25, 0.3) is 11.8 Å². The zero-order valence-electron chi connectivity index (χ0n) is 16.1. The van der Waals surface area contributed by atoms with Gasteiger partial charge in [0.1, 0.15) is 16.5 Å². The molecule has 2 amide bonds. The third-order valence-electron chi connectivity index (χ3n) is 4.41. The van der Waals surface area contributed by atoms with E-state index in [2.05, 4.69) is 0 Å². The van der Waals surface area contributed by atoms with Gasteiger partial charge < -0.3 is 9.47 Å². The second-order valence-corrected chi connectivity index (χ2v) is 7.12. The van der Waals surface area contributed by atoms with Crippen LogP contribution < -0.4 is 9.47 Å². The van der Waals surface area contributed by atoms with Crippen LogP contribution in [0.25, 0.3) is 5.57 Å². The van der Waals surface area contributed by atoms with Gasteiger partial charge in [0.15, 0.2) is 0 Å². The summed E-state index contributed by atoms with van der Waals surface area (Å²) in [5.74, 6) is 0.622. The van der Waals surface area contributed by atoms with Crippen molar-refractivity contribution in [3.05, 3.63) is 64.7 Å². The van der Waals surface area contributed by atoms with Crippen LogP contribution in [0.2, 0.25) is 0 Å². The van der Waals surface area contributed by atoms with Gasteiger partial charge in [-0.3, -0.25) is 14.5 Å². The Kier molecular flexibility index (Phi) is 6.05. The summed E-state index contributed by atoms with van der Waals surface area (Å²) >= 11 is 6.22. The molecule has 2 aromatic rings. The summed E-state index contributed by atoms with van der Waals surface area (Å²) in [5, 5.41) is -0.0442. The van der Waals surface area contributed by atoms with Crippen LogP contribution in [0.3, 0.4) is 0 Å². The number of carbonyl (C=O) groups is 2. The molecule has 0 aliphatic carbocycles. The highest BCUT2D eigenvalue weighted by molar-refractivity contribution is 6.55. The molecule has 1 aliphatic rings. The fraction of sp³-hybridized carbons (Fsp3) is 0.273. The molecule has 0 unspecified atom stereocenters. The molecule has 0 saturated heterocycles. The van der Waals surface area contributed by atoms with Gasteiger partial charge in [-0.2, -0.15) is 0 Å². The number of hydrogen-bond acceptors (Lipinski definition) is 4. The average Bonchev–Trinajstić information content (AvgIpc) is 2.90. The molecule has 0 bridgehead atoms. The van der Waals surface area contributed by atoms with Gasteiger partial charge >= 0.3 is 0 Å². The summed E-state index contributed by atoms with van der Waals surface area (Å²) in [6.07, 6.45) is 0.594. The van der Waals surface area contributed by atoms with Crippen LogP contribution in [0, 0.1) is 0 Å². The van der Waals surface area contributed by atoms with E-state index in [0.29, 0.717) is 17.7 Å². The van der Waals surface area contributed by atoms with Crippen LogP contribution >= 0.6 is 11.6 Å². The van der Waals surface area contributed by atoms with E-state index in [4.69, 9.17) is 21.1 Å². The number of imide groups is 1. The molecule has 28 heavy (non-hydrogen) atoms. The predicted molar refractivity (Wildman–Crippen MR) is 108 cm³/mol. The lowest BCUT2D eigenvalue weighted by molar-refractivity contribution is -0.136. The smallest absolute Gasteiger partial charge is 0.273 e. The van der Waals surface area contributed by atoms with E-state index in [1.165, 1.54) is 4.90 Å². The number of hydrogen-bond donors (Lipinski definition) is 0. The predicted octanol–water partition coefficient (Wildman–Crippen LogP) is 4.04. The van der Waals surface area contributed by atoms with Crippen molar-refractivity contribution in [2.45, 2.75) is 26.4 Å². The maximum absolute atomic E-state index is 12.8. The minimum atomic E-state index is -0.460. The third kappa shape index (κ3) is 4.20. The number of nitrogens with zero attached hydrogens (tertiary/aromatic N) is 1. The fourth-order valence-corrected chi connectivity index (χ4v) is 3.30.